The molecule has 0 amide bonds. The van der Waals surface area contributed by atoms with Gasteiger partial charge in [-0.1, -0.05) is 23.7 Å². The van der Waals surface area contributed by atoms with E-state index in [1.165, 1.54) is 0 Å². The van der Waals surface area contributed by atoms with Gasteiger partial charge in [0.2, 0.25) is 0 Å². The summed E-state index contributed by atoms with van der Waals surface area (Å²) in [6.45, 7) is 7.87. The molecule has 0 saturated carbocycles. The van der Waals surface area contributed by atoms with Crippen molar-refractivity contribution in [2.24, 2.45) is 0 Å². The summed E-state index contributed by atoms with van der Waals surface area (Å²) in [5.41, 5.74) is 3.05. The van der Waals surface area contributed by atoms with Gasteiger partial charge < -0.3 is 14.8 Å². The Bertz CT molecular complexity index is 605. The van der Waals surface area contributed by atoms with E-state index in [1.807, 2.05) is 57.2 Å². The molecule has 2 aromatic carbocycles. The average molecular weight is 320 g/mol. The van der Waals surface area contributed by atoms with Crippen LogP contribution in [-0.4, -0.2) is 19.8 Å². The van der Waals surface area contributed by atoms with E-state index in [4.69, 9.17) is 21.1 Å². The molecular weight excluding hydrogens is 298 g/mol. The molecule has 0 aliphatic rings. The maximum absolute atomic E-state index is 6.16. The summed E-state index contributed by atoms with van der Waals surface area (Å²) < 4.78 is 11.4. The van der Waals surface area contributed by atoms with E-state index >= 15 is 0 Å². The zero-order valence-electron chi connectivity index (χ0n) is 13.3. The van der Waals surface area contributed by atoms with Crippen molar-refractivity contribution < 1.29 is 9.47 Å². The molecule has 0 saturated heterocycles. The molecule has 0 atom stereocenters. The van der Waals surface area contributed by atoms with Gasteiger partial charge in [-0.25, -0.2) is 0 Å². The molecule has 0 aromatic heterocycles. The Labute approximate surface area is 137 Å². The van der Waals surface area contributed by atoms with Crippen molar-refractivity contribution >= 4 is 17.3 Å². The summed E-state index contributed by atoms with van der Waals surface area (Å²) in [6.07, 6.45) is 0. The summed E-state index contributed by atoms with van der Waals surface area (Å²) in [6, 6.07) is 11.8. The number of rotatable bonds is 7. The Hall–Kier alpha value is -1.87. The lowest BCUT2D eigenvalue weighted by atomic mass is 10.1. The molecule has 0 aliphatic heterocycles. The summed E-state index contributed by atoms with van der Waals surface area (Å²) >= 11 is 6.16. The first-order valence-corrected chi connectivity index (χ1v) is 7.85. The van der Waals surface area contributed by atoms with E-state index in [-0.39, 0.29) is 0 Å². The molecule has 0 fully saturated rings. The lowest BCUT2D eigenvalue weighted by Gasteiger charge is -2.13. The highest BCUT2D eigenvalue weighted by atomic mass is 35.5. The first kappa shape index (κ1) is 16.5. The van der Waals surface area contributed by atoms with Crippen LogP contribution in [0.2, 0.25) is 5.02 Å². The normalized spacial score (nSPS) is 10.4. The SMILES string of the molecule is CCOc1ccccc1NCCOc1cc(C)c(Cl)c(C)c1. The average Bonchev–Trinajstić information content (AvgIpc) is 2.51. The van der Waals surface area contributed by atoms with Crippen LogP contribution in [0, 0.1) is 13.8 Å². The Balaban J connectivity index is 1.87. The number of benzene rings is 2. The van der Waals surface area contributed by atoms with Crippen LogP contribution < -0.4 is 14.8 Å². The number of aryl methyl sites for hydroxylation is 2. The monoisotopic (exact) mass is 319 g/mol. The highest BCUT2D eigenvalue weighted by molar-refractivity contribution is 6.32. The molecule has 118 valence electrons. The molecule has 22 heavy (non-hydrogen) atoms. The number of hydrogen-bond donors (Lipinski definition) is 1. The number of para-hydroxylation sites is 2. The third kappa shape index (κ3) is 4.31. The van der Waals surface area contributed by atoms with Crippen LogP contribution in [0.15, 0.2) is 36.4 Å². The molecule has 0 spiro atoms. The standard InChI is InChI=1S/C18H22ClNO2/c1-4-21-17-8-6-5-7-16(17)20-9-10-22-15-11-13(2)18(19)14(3)12-15/h5-8,11-12,20H,4,9-10H2,1-3H3. The van der Waals surface area contributed by atoms with E-state index in [0.717, 1.165) is 33.3 Å². The van der Waals surface area contributed by atoms with E-state index < -0.39 is 0 Å². The molecule has 2 rings (SSSR count). The second kappa shape index (κ2) is 7.95. The lowest BCUT2D eigenvalue weighted by molar-refractivity contribution is 0.330. The van der Waals surface area contributed by atoms with Gasteiger partial charge in [0.1, 0.15) is 18.1 Å². The molecular formula is C18H22ClNO2. The molecule has 0 heterocycles. The van der Waals surface area contributed by atoms with Crippen molar-refractivity contribution in [1.82, 2.24) is 0 Å². The van der Waals surface area contributed by atoms with E-state index in [1.54, 1.807) is 0 Å². The number of nitrogens with one attached hydrogen (secondary N) is 1. The fourth-order valence-corrected chi connectivity index (χ4v) is 2.35. The topological polar surface area (TPSA) is 30.5 Å². The summed E-state index contributed by atoms with van der Waals surface area (Å²) in [4.78, 5) is 0. The fourth-order valence-electron chi connectivity index (χ4n) is 2.24. The van der Waals surface area contributed by atoms with Crippen molar-refractivity contribution in [1.29, 1.82) is 0 Å². The van der Waals surface area contributed by atoms with E-state index in [0.29, 0.717) is 19.8 Å². The number of ether oxygens (including phenoxy) is 2. The fraction of sp³-hybridized carbons (Fsp3) is 0.333. The van der Waals surface area contributed by atoms with Crippen molar-refractivity contribution in [2.75, 3.05) is 25.1 Å². The van der Waals surface area contributed by atoms with Crippen molar-refractivity contribution in [3.63, 3.8) is 0 Å². The van der Waals surface area contributed by atoms with Crippen molar-refractivity contribution in [3.8, 4) is 11.5 Å². The largest absolute Gasteiger partial charge is 0.492 e. The maximum Gasteiger partial charge on any atom is 0.142 e. The molecule has 3 nitrogen and oxygen atoms in total. The minimum absolute atomic E-state index is 0.570. The molecule has 2 aromatic rings. The van der Waals surface area contributed by atoms with E-state index in [2.05, 4.69) is 5.32 Å². The number of halogens is 1. The molecule has 1 N–H and O–H groups in total. The zero-order valence-corrected chi connectivity index (χ0v) is 14.0. The van der Waals surface area contributed by atoms with Gasteiger partial charge in [-0.05, 0) is 56.2 Å². The predicted molar refractivity (Wildman–Crippen MR) is 92.5 cm³/mol. The van der Waals surface area contributed by atoms with Gasteiger partial charge in [0, 0.05) is 11.6 Å². The third-order valence-electron chi connectivity index (χ3n) is 3.28. The van der Waals surface area contributed by atoms with Gasteiger partial charge in [-0.2, -0.15) is 0 Å². The smallest absolute Gasteiger partial charge is 0.142 e. The molecule has 0 radical (unpaired) electrons. The molecule has 0 unspecified atom stereocenters. The Morgan fingerprint density at radius 3 is 2.41 bits per heavy atom. The van der Waals surface area contributed by atoms with Crippen LogP contribution in [0.1, 0.15) is 18.1 Å². The van der Waals surface area contributed by atoms with Gasteiger partial charge in [0.25, 0.3) is 0 Å². The van der Waals surface area contributed by atoms with Crippen LogP contribution >= 0.6 is 11.6 Å². The summed E-state index contributed by atoms with van der Waals surface area (Å²) in [5, 5.41) is 4.13. The Morgan fingerprint density at radius 2 is 1.73 bits per heavy atom. The molecule has 0 aliphatic carbocycles. The van der Waals surface area contributed by atoms with Gasteiger partial charge in [-0.15, -0.1) is 0 Å². The van der Waals surface area contributed by atoms with Crippen LogP contribution in [0.25, 0.3) is 0 Å². The van der Waals surface area contributed by atoms with Gasteiger partial charge >= 0.3 is 0 Å². The molecule has 4 heteroatoms. The first-order chi connectivity index (χ1) is 10.6. The van der Waals surface area contributed by atoms with Crippen LogP contribution in [0.5, 0.6) is 11.5 Å². The summed E-state index contributed by atoms with van der Waals surface area (Å²) in [7, 11) is 0. The number of hydrogen-bond acceptors (Lipinski definition) is 3. The van der Waals surface area contributed by atoms with Crippen molar-refractivity contribution in [2.45, 2.75) is 20.8 Å². The highest BCUT2D eigenvalue weighted by Gasteiger charge is 2.04. The highest BCUT2D eigenvalue weighted by Crippen LogP contribution is 2.26. The van der Waals surface area contributed by atoms with Gasteiger partial charge in [-0.3, -0.25) is 0 Å². The summed E-state index contributed by atoms with van der Waals surface area (Å²) in [5.74, 6) is 1.71. The predicted octanol–water partition coefficient (Wildman–Crippen LogP) is 4.85. The van der Waals surface area contributed by atoms with Gasteiger partial charge in [0.05, 0.1) is 12.3 Å². The Morgan fingerprint density at radius 1 is 1.05 bits per heavy atom. The minimum Gasteiger partial charge on any atom is -0.492 e. The van der Waals surface area contributed by atoms with Crippen LogP contribution in [0.3, 0.4) is 0 Å². The quantitative estimate of drug-likeness (QED) is 0.740. The van der Waals surface area contributed by atoms with Gasteiger partial charge in [0.15, 0.2) is 0 Å². The van der Waals surface area contributed by atoms with Crippen LogP contribution in [0.4, 0.5) is 5.69 Å². The zero-order chi connectivity index (χ0) is 15.9. The molecule has 0 bridgehead atoms. The second-order valence-corrected chi connectivity index (χ2v) is 5.45. The van der Waals surface area contributed by atoms with E-state index in [9.17, 15) is 0 Å². The van der Waals surface area contributed by atoms with Crippen LogP contribution in [-0.2, 0) is 0 Å². The second-order valence-electron chi connectivity index (χ2n) is 5.08. The minimum atomic E-state index is 0.570. The number of anilines is 1. The third-order valence-corrected chi connectivity index (χ3v) is 3.88. The maximum atomic E-state index is 6.16. The lowest BCUT2D eigenvalue weighted by Crippen LogP contribution is -2.12. The Kier molecular flexibility index (Phi) is 5.96. The first-order valence-electron chi connectivity index (χ1n) is 7.47. The van der Waals surface area contributed by atoms with Crippen molar-refractivity contribution in [3.05, 3.63) is 52.5 Å².